The predicted molar refractivity (Wildman–Crippen MR) is 83.7 cm³/mol. The fourth-order valence-corrected chi connectivity index (χ4v) is 2.16. The standard InChI is InChI=1S/C17H20N2O2/c18-15-8-6-14(7-9-15)11-17(21)19-16(12-20)10-13-4-2-1-3-5-13/h1-9,16,20H,10-12,18H2,(H,19,21). The summed E-state index contributed by atoms with van der Waals surface area (Å²) >= 11 is 0. The number of benzene rings is 2. The van der Waals surface area contributed by atoms with Crippen LogP contribution in [0.25, 0.3) is 0 Å². The molecule has 4 N–H and O–H groups in total. The summed E-state index contributed by atoms with van der Waals surface area (Å²) in [4.78, 5) is 12.0. The number of aliphatic hydroxyl groups excluding tert-OH is 1. The number of aliphatic hydroxyl groups is 1. The van der Waals surface area contributed by atoms with Gasteiger partial charge in [-0.2, -0.15) is 0 Å². The molecular weight excluding hydrogens is 264 g/mol. The highest BCUT2D eigenvalue weighted by Crippen LogP contribution is 2.07. The van der Waals surface area contributed by atoms with E-state index in [1.165, 1.54) is 0 Å². The van der Waals surface area contributed by atoms with E-state index < -0.39 is 0 Å². The van der Waals surface area contributed by atoms with E-state index in [0.717, 1.165) is 11.1 Å². The van der Waals surface area contributed by atoms with Gasteiger partial charge in [0.2, 0.25) is 5.91 Å². The Morgan fingerprint density at radius 2 is 1.71 bits per heavy atom. The van der Waals surface area contributed by atoms with Crippen molar-refractivity contribution in [3.63, 3.8) is 0 Å². The zero-order chi connectivity index (χ0) is 15.1. The molecule has 0 fully saturated rings. The zero-order valence-electron chi connectivity index (χ0n) is 11.8. The average molecular weight is 284 g/mol. The lowest BCUT2D eigenvalue weighted by Gasteiger charge is -2.16. The van der Waals surface area contributed by atoms with Crippen LogP contribution in [0, 0.1) is 0 Å². The van der Waals surface area contributed by atoms with E-state index in [4.69, 9.17) is 5.73 Å². The largest absolute Gasteiger partial charge is 0.399 e. The Balaban J connectivity index is 1.89. The van der Waals surface area contributed by atoms with Crippen LogP contribution in [0.1, 0.15) is 11.1 Å². The summed E-state index contributed by atoms with van der Waals surface area (Å²) in [6.07, 6.45) is 0.899. The predicted octanol–water partition coefficient (Wildman–Crippen LogP) is 1.53. The quantitative estimate of drug-likeness (QED) is 0.704. The molecule has 2 aromatic carbocycles. The van der Waals surface area contributed by atoms with Gasteiger partial charge in [-0.25, -0.2) is 0 Å². The van der Waals surface area contributed by atoms with E-state index in [1.807, 2.05) is 42.5 Å². The minimum absolute atomic E-state index is 0.0810. The molecule has 0 saturated carbocycles. The first-order valence-corrected chi connectivity index (χ1v) is 6.96. The van der Waals surface area contributed by atoms with Crippen LogP contribution in [0.4, 0.5) is 5.69 Å². The number of carbonyl (C=O) groups excluding carboxylic acids is 1. The van der Waals surface area contributed by atoms with Crippen molar-refractivity contribution in [1.82, 2.24) is 5.32 Å². The van der Waals surface area contributed by atoms with Crippen molar-refractivity contribution in [2.45, 2.75) is 18.9 Å². The number of hydrogen-bond acceptors (Lipinski definition) is 3. The molecule has 0 heterocycles. The fourth-order valence-electron chi connectivity index (χ4n) is 2.16. The minimum Gasteiger partial charge on any atom is -0.399 e. The highest BCUT2D eigenvalue weighted by Gasteiger charge is 2.12. The van der Waals surface area contributed by atoms with Crippen molar-refractivity contribution in [1.29, 1.82) is 0 Å². The van der Waals surface area contributed by atoms with Crippen LogP contribution >= 0.6 is 0 Å². The highest BCUT2D eigenvalue weighted by molar-refractivity contribution is 5.79. The molecule has 4 nitrogen and oxygen atoms in total. The van der Waals surface area contributed by atoms with Gasteiger partial charge >= 0.3 is 0 Å². The summed E-state index contributed by atoms with van der Waals surface area (Å²) in [5, 5.41) is 12.3. The van der Waals surface area contributed by atoms with Crippen LogP contribution in [0.3, 0.4) is 0 Å². The molecule has 0 aliphatic heterocycles. The Labute approximate surface area is 124 Å². The third kappa shape index (κ3) is 4.93. The monoisotopic (exact) mass is 284 g/mol. The van der Waals surface area contributed by atoms with Gasteiger partial charge in [0.25, 0.3) is 0 Å². The number of anilines is 1. The molecule has 110 valence electrons. The molecule has 2 aromatic rings. The first-order chi connectivity index (χ1) is 10.2. The zero-order valence-corrected chi connectivity index (χ0v) is 11.8. The molecule has 0 radical (unpaired) electrons. The van der Waals surface area contributed by atoms with Crippen LogP contribution in [-0.4, -0.2) is 23.7 Å². The molecule has 2 rings (SSSR count). The molecule has 0 aromatic heterocycles. The van der Waals surface area contributed by atoms with Gasteiger partial charge in [0, 0.05) is 5.69 Å². The molecule has 4 heteroatoms. The highest BCUT2D eigenvalue weighted by atomic mass is 16.3. The summed E-state index contributed by atoms with van der Waals surface area (Å²) in [5.41, 5.74) is 8.28. The molecule has 0 saturated heterocycles. The third-order valence-corrected chi connectivity index (χ3v) is 3.25. The van der Waals surface area contributed by atoms with Crippen LogP contribution in [0.2, 0.25) is 0 Å². The summed E-state index contributed by atoms with van der Waals surface area (Å²) in [7, 11) is 0. The van der Waals surface area contributed by atoms with Gasteiger partial charge in [-0.15, -0.1) is 0 Å². The van der Waals surface area contributed by atoms with Crippen molar-refractivity contribution in [3.8, 4) is 0 Å². The van der Waals surface area contributed by atoms with Crippen LogP contribution in [0.5, 0.6) is 0 Å². The minimum atomic E-state index is -0.270. The molecule has 1 unspecified atom stereocenters. The Morgan fingerprint density at radius 1 is 1.05 bits per heavy atom. The van der Waals surface area contributed by atoms with E-state index in [1.54, 1.807) is 12.1 Å². The maximum Gasteiger partial charge on any atom is 0.224 e. The van der Waals surface area contributed by atoms with Crippen molar-refractivity contribution < 1.29 is 9.90 Å². The van der Waals surface area contributed by atoms with E-state index in [9.17, 15) is 9.90 Å². The van der Waals surface area contributed by atoms with E-state index in [2.05, 4.69) is 5.32 Å². The number of nitrogen functional groups attached to an aromatic ring is 1. The number of nitrogens with one attached hydrogen (secondary N) is 1. The molecule has 0 bridgehead atoms. The molecule has 1 atom stereocenters. The third-order valence-electron chi connectivity index (χ3n) is 3.25. The summed E-state index contributed by atoms with van der Waals surface area (Å²) in [6.45, 7) is -0.0810. The number of rotatable bonds is 6. The van der Waals surface area contributed by atoms with Crippen molar-refractivity contribution in [2.24, 2.45) is 0 Å². The van der Waals surface area contributed by atoms with Gasteiger partial charge in [-0.05, 0) is 29.7 Å². The first-order valence-electron chi connectivity index (χ1n) is 6.96. The van der Waals surface area contributed by atoms with Crippen molar-refractivity contribution >= 4 is 11.6 Å². The average Bonchev–Trinajstić information content (AvgIpc) is 2.50. The Bertz CT molecular complexity index is 567. The first kappa shape index (κ1) is 15.1. The summed E-state index contributed by atoms with van der Waals surface area (Å²) in [6, 6.07) is 16.7. The van der Waals surface area contributed by atoms with Crippen molar-refractivity contribution in [2.75, 3.05) is 12.3 Å². The van der Waals surface area contributed by atoms with Gasteiger partial charge in [0.05, 0.1) is 19.1 Å². The second kappa shape index (κ2) is 7.45. The molecule has 1 amide bonds. The molecule has 0 aliphatic carbocycles. The second-order valence-corrected chi connectivity index (χ2v) is 5.06. The topological polar surface area (TPSA) is 75.4 Å². The maximum absolute atomic E-state index is 12.0. The van der Waals surface area contributed by atoms with Gasteiger partial charge in [0.1, 0.15) is 0 Å². The molecule has 0 aliphatic rings. The van der Waals surface area contributed by atoms with Crippen LogP contribution in [0.15, 0.2) is 54.6 Å². The molecular formula is C17H20N2O2. The van der Waals surface area contributed by atoms with Gasteiger partial charge < -0.3 is 16.2 Å². The number of amides is 1. The summed E-state index contributed by atoms with van der Waals surface area (Å²) in [5.74, 6) is -0.102. The normalized spacial score (nSPS) is 11.9. The maximum atomic E-state index is 12.0. The van der Waals surface area contributed by atoms with E-state index in [-0.39, 0.29) is 25.0 Å². The van der Waals surface area contributed by atoms with Gasteiger partial charge in [-0.1, -0.05) is 42.5 Å². The molecule has 0 spiro atoms. The Morgan fingerprint density at radius 3 is 2.33 bits per heavy atom. The number of carbonyl (C=O) groups is 1. The van der Waals surface area contributed by atoms with Crippen LogP contribution in [-0.2, 0) is 17.6 Å². The number of hydrogen-bond donors (Lipinski definition) is 3. The Kier molecular flexibility index (Phi) is 5.35. The number of nitrogens with two attached hydrogens (primary N) is 1. The van der Waals surface area contributed by atoms with Gasteiger partial charge in [-0.3, -0.25) is 4.79 Å². The SMILES string of the molecule is Nc1ccc(CC(=O)NC(CO)Cc2ccccc2)cc1. The lowest BCUT2D eigenvalue weighted by Crippen LogP contribution is -2.39. The fraction of sp³-hybridized carbons (Fsp3) is 0.235. The Hall–Kier alpha value is -2.33. The second-order valence-electron chi connectivity index (χ2n) is 5.06. The van der Waals surface area contributed by atoms with E-state index >= 15 is 0 Å². The smallest absolute Gasteiger partial charge is 0.224 e. The lowest BCUT2D eigenvalue weighted by atomic mass is 10.1. The van der Waals surface area contributed by atoms with Gasteiger partial charge in [0.15, 0.2) is 0 Å². The van der Waals surface area contributed by atoms with E-state index in [0.29, 0.717) is 12.1 Å². The lowest BCUT2D eigenvalue weighted by molar-refractivity contribution is -0.121. The summed E-state index contributed by atoms with van der Waals surface area (Å²) < 4.78 is 0. The molecule has 21 heavy (non-hydrogen) atoms. The van der Waals surface area contributed by atoms with Crippen molar-refractivity contribution in [3.05, 3.63) is 65.7 Å². The van der Waals surface area contributed by atoms with Crippen LogP contribution < -0.4 is 11.1 Å².